The number of nitrogens with zero attached hydrogens (tertiary/aromatic N) is 3. The second-order valence-electron chi connectivity index (χ2n) is 6.00. The van der Waals surface area contributed by atoms with Crippen LogP contribution >= 0.6 is 0 Å². The number of carbonyl (C=O) groups is 1. The monoisotopic (exact) mass is 346 g/mol. The molecule has 7 heteroatoms. The standard InChI is InChI=1S/C18H20F2N4O/c1-13(18(25)22-16-6-5-14(19)12-15(16)20)23-8-10-24(11-9-23)17-4-2-3-7-21-17/h2-7,12-13H,8-11H2,1H3,(H,22,25)/t13-/m0/s1. The Morgan fingerprint density at radius 1 is 1.16 bits per heavy atom. The third-order valence-electron chi connectivity index (χ3n) is 4.40. The van der Waals surface area contributed by atoms with Crippen molar-refractivity contribution in [2.75, 3.05) is 36.4 Å². The van der Waals surface area contributed by atoms with Crippen molar-refractivity contribution >= 4 is 17.4 Å². The molecule has 1 amide bonds. The fourth-order valence-electron chi connectivity index (χ4n) is 2.87. The van der Waals surface area contributed by atoms with E-state index in [1.165, 1.54) is 6.07 Å². The minimum absolute atomic E-state index is 0.00892. The highest BCUT2D eigenvalue weighted by atomic mass is 19.1. The van der Waals surface area contributed by atoms with Crippen LogP contribution in [0.4, 0.5) is 20.3 Å². The van der Waals surface area contributed by atoms with Crippen LogP contribution in [0.15, 0.2) is 42.6 Å². The van der Waals surface area contributed by atoms with Gasteiger partial charge in [-0.05, 0) is 31.2 Å². The molecule has 2 heterocycles. The summed E-state index contributed by atoms with van der Waals surface area (Å²) < 4.78 is 26.6. The minimum atomic E-state index is -0.777. The molecule has 1 aliphatic rings. The zero-order valence-corrected chi connectivity index (χ0v) is 14.0. The largest absolute Gasteiger partial charge is 0.354 e. The quantitative estimate of drug-likeness (QED) is 0.924. The molecular weight excluding hydrogens is 326 g/mol. The molecule has 132 valence electrons. The first kappa shape index (κ1) is 17.3. The van der Waals surface area contributed by atoms with Crippen molar-refractivity contribution in [1.29, 1.82) is 0 Å². The first-order valence-electron chi connectivity index (χ1n) is 8.20. The van der Waals surface area contributed by atoms with E-state index in [1.54, 1.807) is 13.1 Å². The summed E-state index contributed by atoms with van der Waals surface area (Å²) in [4.78, 5) is 20.9. The number of carbonyl (C=O) groups excluding carboxylic acids is 1. The number of aromatic nitrogens is 1. The Balaban J connectivity index is 1.56. The maximum absolute atomic E-state index is 13.7. The van der Waals surface area contributed by atoms with Gasteiger partial charge >= 0.3 is 0 Å². The molecule has 3 rings (SSSR count). The van der Waals surface area contributed by atoms with Gasteiger partial charge in [0.1, 0.15) is 17.5 Å². The van der Waals surface area contributed by atoms with Gasteiger partial charge in [0.15, 0.2) is 0 Å². The zero-order valence-electron chi connectivity index (χ0n) is 14.0. The van der Waals surface area contributed by atoms with Crippen LogP contribution in [-0.4, -0.2) is 48.0 Å². The molecule has 1 aromatic carbocycles. The van der Waals surface area contributed by atoms with Crippen LogP contribution in [0.5, 0.6) is 0 Å². The number of hydrogen-bond donors (Lipinski definition) is 1. The lowest BCUT2D eigenvalue weighted by atomic mass is 10.2. The Bertz CT molecular complexity index is 733. The molecule has 0 spiro atoms. The molecule has 0 unspecified atom stereocenters. The highest BCUT2D eigenvalue weighted by Gasteiger charge is 2.26. The number of amides is 1. The Hall–Kier alpha value is -2.54. The van der Waals surface area contributed by atoms with E-state index >= 15 is 0 Å². The molecule has 2 aromatic rings. The Labute approximate surface area is 145 Å². The van der Waals surface area contributed by atoms with Crippen LogP contribution in [0.2, 0.25) is 0 Å². The average molecular weight is 346 g/mol. The third-order valence-corrected chi connectivity index (χ3v) is 4.40. The van der Waals surface area contributed by atoms with Crippen molar-refractivity contribution in [3.8, 4) is 0 Å². The summed E-state index contributed by atoms with van der Waals surface area (Å²) in [6.45, 7) is 4.72. The summed E-state index contributed by atoms with van der Waals surface area (Å²) >= 11 is 0. The molecule has 1 atom stereocenters. The van der Waals surface area contributed by atoms with Gasteiger partial charge in [0.05, 0.1) is 11.7 Å². The molecule has 1 N–H and O–H groups in total. The number of benzene rings is 1. The highest BCUT2D eigenvalue weighted by molar-refractivity contribution is 5.94. The molecule has 0 aliphatic carbocycles. The first-order chi connectivity index (χ1) is 12.0. The molecule has 25 heavy (non-hydrogen) atoms. The van der Waals surface area contributed by atoms with Crippen LogP contribution in [-0.2, 0) is 4.79 Å². The van der Waals surface area contributed by atoms with E-state index in [0.717, 1.165) is 31.0 Å². The minimum Gasteiger partial charge on any atom is -0.354 e. The second-order valence-corrected chi connectivity index (χ2v) is 6.00. The maximum atomic E-state index is 13.7. The lowest BCUT2D eigenvalue weighted by molar-refractivity contribution is -0.120. The molecular formula is C18H20F2N4O. The van der Waals surface area contributed by atoms with Crippen molar-refractivity contribution in [2.45, 2.75) is 13.0 Å². The maximum Gasteiger partial charge on any atom is 0.241 e. The lowest BCUT2D eigenvalue weighted by Crippen LogP contribution is -2.53. The zero-order chi connectivity index (χ0) is 17.8. The number of rotatable bonds is 4. The predicted octanol–water partition coefficient (Wildman–Crippen LogP) is 2.51. The molecule has 0 bridgehead atoms. The van der Waals surface area contributed by atoms with Crippen molar-refractivity contribution in [2.24, 2.45) is 0 Å². The summed E-state index contributed by atoms with van der Waals surface area (Å²) in [5.41, 5.74) is -0.00892. The Kier molecular flexibility index (Phi) is 5.23. The first-order valence-corrected chi connectivity index (χ1v) is 8.20. The van der Waals surface area contributed by atoms with Crippen molar-refractivity contribution < 1.29 is 13.6 Å². The van der Waals surface area contributed by atoms with Gasteiger partial charge in [0.2, 0.25) is 5.91 Å². The number of hydrogen-bond acceptors (Lipinski definition) is 4. The molecule has 5 nitrogen and oxygen atoms in total. The van der Waals surface area contributed by atoms with Gasteiger partial charge in [-0.1, -0.05) is 6.07 Å². The summed E-state index contributed by atoms with van der Waals surface area (Å²) in [5.74, 6) is -0.834. The number of nitrogens with one attached hydrogen (secondary N) is 1. The van der Waals surface area contributed by atoms with Gasteiger partial charge in [0.25, 0.3) is 0 Å². The highest BCUT2D eigenvalue weighted by Crippen LogP contribution is 2.17. The van der Waals surface area contributed by atoms with Gasteiger partial charge in [-0.25, -0.2) is 13.8 Å². The summed E-state index contributed by atoms with van der Waals surface area (Å²) in [7, 11) is 0. The summed E-state index contributed by atoms with van der Waals surface area (Å²) in [5, 5.41) is 2.53. The Morgan fingerprint density at radius 2 is 1.92 bits per heavy atom. The fourth-order valence-corrected chi connectivity index (χ4v) is 2.87. The number of halogens is 2. The van der Waals surface area contributed by atoms with E-state index < -0.39 is 17.7 Å². The SMILES string of the molecule is C[C@@H](C(=O)Nc1ccc(F)cc1F)N1CCN(c2ccccn2)CC1. The van der Waals surface area contributed by atoms with E-state index in [-0.39, 0.29) is 11.6 Å². The van der Waals surface area contributed by atoms with E-state index in [0.29, 0.717) is 13.1 Å². The number of pyridine rings is 1. The topological polar surface area (TPSA) is 48.5 Å². The lowest BCUT2D eigenvalue weighted by Gasteiger charge is -2.37. The van der Waals surface area contributed by atoms with Crippen molar-refractivity contribution in [3.05, 3.63) is 54.2 Å². The van der Waals surface area contributed by atoms with E-state index in [2.05, 4.69) is 15.2 Å². The number of piperazine rings is 1. The van der Waals surface area contributed by atoms with Gasteiger partial charge < -0.3 is 10.2 Å². The smallest absolute Gasteiger partial charge is 0.241 e. The fraction of sp³-hybridized carbons (Fsp3) is 0.333. The molecule has 1 aromatic heterocycles. The van der Waals surface area contributed by atoms with Crippen LogP contribution in [0.25, 0.3) is 0 Å². The third kappa shape index (κ3) is 4.11. The normalized spacial score (nSPS) is 16.5. The second kappa shape index (κ2) is 7.57. The van der Waals surface area contributed by atoms with Crippen LogP contribution < -0.4 is 10.2 Å². The van der Waals surface area contributed by atoms with E-state index in [1.807, 2.05) is 23.1 Å². The van der Waals surface area contributed by atoms with Crippen molar-refractivity contribution in [1.82, 2.24) is 9.88 Å². The molecule has 0 saturated carbocycles. The van der Waals surface area contributed by atoms with Crippen LogP contribution in [0.1, 0.15) is 6.92 Å². The van der Waals surface area contributed by atoms with Crippen molar-refractivity contribution in [3.63, 3.8) is 0 Å². The molecule has 1 saturated heterocycles. The molecule has 0 radical (unpaired) electrons. The van der Waals surface area contributed by atoms with Crippen LogP contribution in [0, 0.1) is 11.6 Å². The van der Waals surface area contributed by atoms with Crippen LogP contribution in [0.3, 0.4) is 0 Å². The molecule has 1 aliphatic heterocycles. The van der Waals surface area contributed by atoms with E-state index in [4.69, 9.17) is 0 Å². The summed E-state index contributed by atoms with van der Waals surface area (Å²) in [6.07, 6.45) is 1.76. The Morgan fingerprint density at radius 3 is 2.56 bits per heavy atom. The van der Waals surface area contributed by atoms with Gasteiger partial charge in [-0.2, -0.15) is 0 Å². The van der Waals surface area contributed by atoms with Gasteiger partial charge in [0, 0.05) is 38.4 Å². The average Bonchev–Trinajstić information content (AvgIpc) is 2.64. The summed E-state index contributed by atoms with van der Waals surface area (Å²) in [6, 6.07) is 8.48. The van der Waals surface area contributed by atoms with E-state index in [9.17, 15) is 13.6 Å². The van der Waals surface area contributed by atoms with Gasteiger partial charge in [-0.15, -0.1) is 0 Å². The predicted molar refractivity (Wildman–Crippen MR) is 92.5 cm³/mol. The molecule has 1 fully saturated rings. The number of anilines is 2. The van der Waals surface area contributed by atoms with Gasteiger partial charge in [-0.3, -0.25) is 9.69 Å².